The van der Waals surface area contributed by atoms with Gasteiger partial charge in [-0.3, -0.25) is 4.79 Å². The molecule has 0 radical (unpaired) electrons. The normalized spacial score (nSPS) is 15.9. The number of aromatic amines is 1. The number of rotatable bonds is 8. The Morgan fingerprint density at radius 1 is 1.21 bits per heavy atom. The van der Waals surface area contributed by atoms with Crippen molar-refractivity contribution in [1.82, 2.24) is 19.9 Å². The standard InChI is InChI=1S/C29H32ClN7O/c1-36(2)15-6-10-27(38)33-20-11-13-22(14-12-20)37-16-5-7-21(19-37)34-29-32-18-25(30)28(35-29)24-17-31-26-9-4-3-8-23(24)26/h3-4,6,8-14,17-18,21,31H,5,7,15-16,19H2,1-2H3,(H,33,38)(H,32,34,35)/b10-6+/t21-/m1/s1. The summed E-state index contributed by atoms with van der Waals surface area (Å²) >= 11 is 6.51. The summed E-state index contributed by atoms with van der Waals surface area (Å²) in [5, 5.41) is 8.03. The van der Waals surface area contributed by atoms with Crippen molar-refractivity contribution in [2.75, 3.05) is 49.3 Å². The molecule has 1 aliphatic rings. The van der Waals surface area contributed by atoms with Crippen molar-refractivity contribution in [2.24, 2.45) is 0 Å². The Bertz CT molecular complexity index is 1430. The first-order chi connectivity index (χ1) is 18.5. The second-order valence-electron chi connectivity index (χ2n) is 9.77. The number of piperidine rings is 1. The zero-order chi connectivity index (χ0) is 26.5. The highest BCUT2D eigenvalue weighted by Crippen LogP contribution is 2.32. The average Bonchev–Trinajstić information content (AvgIpc) is 3.34. The number of para-hydroxylation sites is 1. The fourth-order valence-electron chi connectivity index (χ4n) is 4.72. The van der Waals surface area contributed by atoms with Crippen molar-refractivity contribution < 1.29 is 4.79 Å². The molecular weight excluding hydrogens is 498 g/mol. The maximum Gasteiger partial charge on any atom is 0.248 e. The molecule has 3 N–H and O–H groups in total. The molecule has 1 saturated heterocycles. The Balaban J connectivity index is 1.23. The minimum atomic E-state index is -0.128. The number of amides is 1. The summed E-state index contributed by atoms with van der Waals surface area (Å²) in [6.45, 7) is 2.52. The summed E-state index contributed by atoms with van der Waals surface area (Å²) in [7, 11) is 3.93. The van der Waals surface area contributed by atoms with E-state index >= 15 is 0 Å². The number of nitrogens with zero attached hydrogens (tertiary/aromatic N) is 4. The number of benzene rings is 2. The summed E-state index contributed by atoms with van der Waals surface area (Å²) in [5.74, 6) is 0.443. The first-order valence-corrected chi connectivity index (χ1v) is 13.2. The van der Waals surface area contributed by atoms with Crippen LogP contribution in [-0.2, 0) is 4.79 Å². The molecule has 4 aromatic rings. The van der Waals surface area contributed by atoms with Gasteiger partial charge < -0.3 is 25.4 Å². The zero-order valence-corrected chi connectivity index (χ0v) is 22.4. The van der Waals surface area contributed by atoms with Crippen molar-refractivity contribution in [3.63, 3.8) is 0 Å². The maximum atomic E-state index is 12.1. The van der Waals surface area contributed by atoms with Crippen molar-refractivity contribution in [1.29, 1.82) is 0 Å². The fourth-order valence-corrected chi connectivity index (χ4v) is 4.91. The van der Waals surface area contributed by atoms with E-state index in [0.29, 0.717) is 16.7 Å². The summed E-state index contributed by atoms with van der Waals surface area (Å²) in [4.78, 5) is 29.0. The third kappa shape index (κ3) is 6.15. The number of nitrogens with one attached hydrogen (secondary N) is 3. The lowest BCUT2D eigenvalue weighted by atomic mass is 10.0. The maximum absolute atomic E-state index is 12.1. The van der Waals surface area contributed by atoms with E-state index in [-0.39, 0.29) is 11.9 Å². The van der Waals surface area contributed by atoms with Gasteiger partial charge in [-0.2, -0.15) is 0 Å². The number of hydrogen-bond donors (Lipinski definition) is 3. The summed E-state index contributed by atoms with van der Waals surface area (Å²) in [5.41, 5.74) is 4.61. The minimum Gasteiger partial charge on any atom is -0.369 e. The van der Waals surface area contributed by atoms with Crippen molar-refractivity contribution >= 4 is 45.7 Å². The van der Waals surface area contributed by atoms with Gasteiger partial charge in [0.2, 0.25) is 11.9 Å². The lowest BCUT2D eigenvalue weighted by Gasteiger charge is -2.35. The van der Waals surface area contributed by atoms with Crippen LogP contribution in [0.1, 0.15) is 12.8 Å². The number of halogens is 1. The summed E-state index contributed by atoms with van der Waals surface area (Å²) in [6, 6.07) is 16.3. The van der Waals surface area contributed by atoms with Crippen molar-refractivity contribution in [3.8, 4) is 11.3 Å². The molecule has 3 heterocycles. The van der Waals surface area contributed by atoms with E-state index in [1.165, 1.54) is 0 Å². The van der Waals surface area contributed by atoms with Crippen LogP contribution >= 0.6 is 11.6 Å². The summed E-state index contributed by atoms with van der Waals surface area (Å²) in [6.07, 6.45) is 9.10. The van der Waals surface area contributed by atoms with E-state index < -0.39 is 0 Å². The molecule has 38 heavy (non-hydrogen) atoms. The summed E-state index contributed by atoms with van der Waals surface area (Å²) < 4.78 is 0. The Labute approximate surface area is 227 Å². The number of fused-ring (bicyclic) bond motifs is 1. The Morgan fingerprint density at radius 3 is 2.84 bits per heavy atom. The largest absolute Gasteiger partial charge is 0.369 e. The highest BCUT2D eigenvalue weighted by molar-refractivity contribution is 6.33. The molecule has 1 amide bonds. The monoisotopic (exact) mass is 529 g/mol. The van der Waals surface area contributed by atoms with Gasteiger partial charge in [0.1, 0.15) is 0 Å². The van der Waals surface area contributed by atoms with Gasteiger partial charge in [0, 0.05) is 65.8 Å². The Kier molecular flexibility index (Phi) is 7.91. The van der Waals surface area contributed by atoms with Gasteiger partial charge in [-0.25, -0.2) is 9.97 Å². The Morgan fingerprint density at radius 2 is 2.03 bits per heavy atom. The van der Waals surface area contributed by atoms with Gasteiger partial charge in [0.15, 0.2) is 0 Å². The van der Waals surface area contributed by atoms with Gasteiger partial charge in [0.25, 0.3) is 0 Å². The van der Waals surface area contributed by atoms with E-state index in [2.05, 4.69) is 43.7 Å². The second kappa shape index (κ2) is 11.7. The number of H-pyrrole nitrogens is 1. The van der Waals surface area contributed by atoms with Crippen LogP contribution in [0.3, 0.4) is 0 Å². The molecule has 2 aromatic carbocycles. The number of hydrogen-bond acceptors (Lipinski definition) is 6. The molecular formula is C29H32ClN7O. The molecule has 1 fully saturated rings. The van der Waals surface area contributed by atoms with Crippen LogP contribution in [-0.4, -0.2) is 65.5 Å². The van der Waals surface area contributed by atoms with Gasteiger partial charge in [-0.15, -0.1) is 0 Å². The van der Waals surface area contributed by atoms with Crippen LogP contribution in [0.25, 0.3) is 22.2 Å². The number of carbonyl (C=O) groups excluding carboxylic acids is 1. The molecule has 0 unspecified atom stereocenters. The average molecular weight is 530 g/mol. The van der Waals surface area contributed by atoms with Gasteiger partial charge >= 0.3 is 0 Å². The second-order valence-corrected chi connectivity index (χ2v) is 10.2. The number of likely N-dealkylation sites (N-methyl/N-ethyl adjacent to an activating group) is 1. The molecule has 2 aromatic heterocycles. The predicted octanol–water partition coefficient (Wildman–Crippen LogP) is 5.42. The molecule has 196 valence electrons. The van der Waals surface area contributed by atoms with E-state index in [1.807, 2.05) is 61.6 Å². The molecule has 5 rings (SSSR count). The van der Waals surface area contributed by atoms with Crippen LogP contribution in [0, 0.1) is 0 Å². The highest BCUT2D eigenvalue weighted by Gasteiger charge is 2.22. The third-order valence-electron chi connectivity index (χ3n) is 6.58. The minimum absolute atomic E-state index is 0.128. The fraction of sp³-hybridized carbons (Fsp3) is 0.276. The zero-order valence-electron chi connectivity index (χ0n) is 21.6. The highest BCUT2D eigenvalue weighted by atomic mass is 35.5. The first kappa shape index (κ1) is 25.8. The van der Waals surface area contributed by atoms with E-state index in [0.717, 1.165) is 60.3 Å². The molecule has 0 saturated carbocycles. The number of carbonyl (C=O) groups is 1. The van der Waals surface area contributed by atoms with E-state index in [1.54, 1.807) is 12.3 Å². The lowest BCUT2D eigenvalue weighted by Crippen LogP contribution is -2.42. The number of anilines is 3. The first-order valence-electron chi connectivity index (χ1n) is 12.8. The van der Waals surface area contributed by atoms with Crippen LogP contribution in [0.5, 0.6) is 0 Å². The van der Waals surface area contributed by atoms with Crippen LogP contribution in [0.2, 0.25) is 5.02 Å². The third-order valence-corrected chi connectivity index (χ3v) is 6.86. The van der Waals surface area contributed by atoms with E-state index in [9.17, 15) is 4.79 Å². The SMILES string of the molecule is CN(C)C/C=C/C(=O)Nc1ccc(N2CCC[C@@H](Nc3ncc(Cl)c(-c4c[nH]c5ccccc45)n3)C2)cc1. The molecule has 0 spiro atoms. The molecule has 0 bridgehead atoms. The van der Waals surface area contributed by atoms with Gasteiger partial charge in [-0.1, -0.05) is 35.9 Å². The molecule has 0 aliphatic carbocycles. The van der Waals surface area contributed by atoms with Gasteiger partial charge in [-0.05, 0) is 57.3 Å². The van der Waals surface area contributed by atoms with Gasteiger partial charge in [0.05, 0.1) is 16.9 Å². The van der Waals surface area contributed by atoms with Crippen molar-refractivity contribution in [3.05, 3.63) is 78.1 Å². The smallest absolute Gasteiger partial charge is 0.248 e. The predicted molar refractivity (Wildman–Crippen MR) is 156 cm³/mol. The van der Waals surface area contributed by atoms with Crippen molar-refractivity contribution in [2.45, 2.75) is 18.9 Å². The quantitative estimate of drug-likeness (QED) is 0.264. The Hall–Kier alpha value is -3.88. The molecule has 1 aliphatic heterocycles. The van der Waals surface area contributed by atoms with Crippen LogP contribution in [0.4, 0.5) is 17.3 Å². The van der Waals surface area contributed by atoms with E-state index in [4.69, 9.17) is 16.6 Å². The van der Waals surface area contributed by atoms with Crippen LogP contribution < -0.4 is 15.5 Å². The molecule has 8 nitrogen and oxygen atoms in total. The topological polar surface area (TPSA) is 89.2 Å². The lowest BCUT2D eigenvalue weighted by molar-refractivity contribution is -0.111. The molecule has 1 atom stereocenters. The number of aromatic nitrogens is 3. The molecule has 9 heteroatoms. The van der Waals surface area contributed by atoms with Crippen LogP contribution in [0.15, 0.2) is 73.1 Å².